The highest BCUT2D eigenvalue weighted by Gasteiger charge is 2.18. The van der Waals surface area contributed by atoms with E-state index in [9.17, 15) is 0 Å². The van der Waals surface area contributed by atoms with Crippen LogP contribution in [0.3, 0.4) is 0 Å². The van der Waals surface area contributed by atoms with E-state index in [1.165, 1.54) is 19.4 Å². The third kappa shape index (κ3) is 3.88. The van der Waals surface area contributed by atoms with Crippen LogP contribution in [0.4, 0.5) is 5.69 Å². The first-order valence-corrected chi connectivity index (χ1v) is 7.68. The summed E-state index contributed by atoms with van der Waals surface area (Å²) >= 11 is 5.96. The summed E-state index contributed by atoms with van der Waals surface area (Å²) in [7, 11) is 0. The lowest BCUT2D eigenvalue weighted by Gasteiger charge is -2.24. The van der Waals surface area contributed by atoms with Gasteiger partial charge in [-0.3, -0.25) is 0 Å². The molecule has 0 amide bonds. The van der Waals surface area contributed by atoms with Crippen LogP contribution in [0.1, 0.15) is 38.7 Å². The van der Waals surface area contributed by atoms with Crippen molar-refractivity contribution >= 4 is 17.3 Å². The number of anilines is 1. The van der Waals surface area contributed by atoms with E-state index in [-0.39, 0.29) is 0 Å². The van der Waals surface area contributed by atoms with Crippen molar-refractivity contribution in [1.29, 1.82) is 5.26 Å². The Kier molecular flexibility index (Phi) is 5.28. The summed E-state index contributed by atoms with van der Waals surface area (Å²) in [6, 6.07) is 8.81. The topological polar surface area (TPSA) is 39.1 Å². The molecule has 1 aromatic rings. The van der Waals surface area contributed by atoms with Crippen molar-refractivity contribution in [3.05, 3.63) is 28.8 Å². The third-order valence-electron chi connectivity index (χ3n) is 3.95. The van der Waals surface area contributed by atoms with Gasteiger partial charge in [-0.1, -0.05) is 11.6 Å². The van der Waals surface area contributed by atoms with Gasteiger partial charge in [-0.25, -0.2) is 0 Å². The van der Waals surface area contributed by atoms with Gasteiger partial charge in [-0.2, -0.15) is 5.26 Å². The zero-order valence-corrected chi connectivity index (χ0v) is 13.0. The van der Waals surface area contributed by atoms with E-state index in [4.69, 9.17) is 16.9 Å². The molecule has 1 aliphatic heterocycles. The van der Waals surface area contributed by atoms with Crippen molar-refractivity contribution in [2.45, 2.75) is 45.2 Å². The number of benzene rings is 1. The minimum absolute atomic E-state index is 0.478. The van der Waals surface area contributed by atoms with Crippen LogP contribution in [0.2, 0.25) is 5.02 Å². The molecule has 1 aliphatic rings. The van der Waals surface area contributed by atoms with Gasteiger partial charge in [-0.05, 0) is 57.9 Å². The Balaban J connectivity index is 1.98. The van der Waals surface area contributed by atoms with E-state index < -0.39 is 0 Å². The standard InChI is InChI=1S/C16H22ClN3/c1-12(2)20-8-3-4-14(7-9-20)19-15-5-6-16(17)13(10-15)11-18/h5-6,10,12,14,19H,3-4,7-9H2,1-2H3. The van der Waals surface area contributed by atoms with Crippen molar-refractivity contribution < 1.29 is 0 Å². The van der Waals surface area contributed by atoms with Crippen LogP contribution in [-0.2, 0) is 0 Å². The molecule has 108 valence electrons. The van der Waals surface area contributed by atoms with E-state index in [0.29, 0.717) is 22.7 Å². The van der Waals surface area contributed by atoms with Crippen LogP contribution in [0.5, 0.6) is 0 Å². The highest BCUT2D eigenvalue weighted by molar-refractivity contribution is 6.31. The average molecular weight is 292 g/mol. The Morgan fingerprint density at radius 2 is 2.15 bits per heavy atom. The lowest BCUT2D eigenvalue weighted by molar-refractivity contribution is 0.230. The molecule has 1 N–H and O–H groups in total. The lowest BCUT2D eigenvalue weighted by Crippen LogP contribution is -2.32. The molecule has 4 heteroatoms. The first-order chi connectivity index (χ1) is 9.60. The molecule has 2 rings (SSSR count). The van der Waals surface area contributed by atoms with Crippen molar-refractivity contribution in [2.75, 3.05) is 18.4 Å². The van der Waals surface area contributed by atoms with E-state index in [2.05, 4.69) is 30.1 Å². The number of nitrogens with zero attached hydrogens (tertiary/aromatic N) is 2. The van der Waals surface area contributed by atoms with Crippen LogP contribution in [0.15, 0.2) is 18.2 Å². The van der Waals surface area contributed by atoms with Gasteiger partial charge in [0.05, 0.1) is 10.6 Å². The molecule has 1 heterocycles. The maximum absolute atomic E-state index is 9.02. The first-order valence-electron chi connectivity index (χ1n) is 7.30. The van der Waals surface area contributed by atoms with Gasteiger partial charge in [0.25, 0.3) is 0 Å². The quantitative estimate of drug-likeness (QED) is 0.918. The van der Waals surface area contributed by atoms with E-state index in [1.54, 1.807) is 6.07 Å². The molecule has 0 radical (unpaired) electrons. The number of nitriles is 1. The highest BCUT2D eigenvalue weighted by Crippen LogP contribution is 2.22. The van der Waals surface area contributed by atoms with Crippen molar-refractivity contribution in [3.8, 4) is 6.07 Å². The van der Waals surface area contributed by atoms with Gasteiger partial charge in [0, 0.05) is 24.3 Å². The Morgan fingerprint density at radius 1 is 1.35 bits per heavy atom. The number of nitrogens with one attached hydrogen (secondary N) is 1. The fraction of sp³-hybridized carbons (Fsp3) is 0.562. The Bertz CT molecular complexity index is 493. The summed E-state index contributed by atoms with van der Waals surface area (Å²) < 4.78 is 0. The van der Waals surface area contributed by atoms with Crippen LogP contribution >= 0.6 is 11.6 Å². The van der Waals surface area contributed by atoms with Gasteiger partial charge in [0.2, 0.25) is 0 Å². The minimum Gasteiger partial charge on any atom is -0.382 e. The first kappa shape index (κ1) is 15.2. The fourth-order valence-corrected chi connectivity index (χ4v) is 2.88. The monoisotopic (exact) mass is 291 g/mol. The number of hydrogen-bond donors (Lipinski definition) is 1. The second-order valence-corrected chi connectivity index (χ2v) is 6.12. The minimum atomic E-state index is 0.478. The van der Waals surface area contributed by atoms with Crippen LogP contribution in [0, 0.1) is 11.3 Å². The summed E-state index contributed by atoms with van der Waals surface area (Å²) in [6.45, 7) is 6.83. The summed E-state index contributed by atoms with van der Waals surface area (Å²) in [5.41, 5.74) is 1.53. The lowest BCUT2D eigenvalue weighted by atomic mass is 10.1. The summed E-state index contributed by atoms with van der Waals surface area (Å²) in [5.74, 6) is 0. The second-order valence-electron chi connectivity index (χ2n) is 5.71. The molecule has 0 aliphatic carbocycles. The van der Waals surface area contributed by atoms with Gasteiger partial charge in [-0.15, -0.1) is 0 Å². The Labute approximate surface area is 126 Å². The number of hydrogen-bond acceptors (Lipinski definition) is 3. The molecule has 0 spiro atoms. The predicted molar refractivity (Wildman–Crippen MR) is 84.1 cm³/mol. The van der Waals surface area contributed by atoms with E-state index in [0.717, 1.165) is 18.7 Å². The second kappa shape index (κ2) is 6.97. The molecule has 1 unspecified atom stereocenters. The van der Waals surface area contributed by atoms with E-state index >= 15 is 0 Å². The number of likely N-dealkylation sites (tertiary alicyclic amines) is 1. The van der Waals surface area contributed by atoms with Crippen molar-refractivity contribution in [1.82, 2.24) is 4.90 Å². The van der Waals surface area contributed by atoms with Crippen LogP contribution in [0.25, 0.3) is 0 Å². The molecule has 0 aromatic heterocycles. The Morgan fingerprint density at radius 3 is 2.85 bits per heavy atom. The maximum atomic E-state index is 9.02. The van der Waals surface area contributed by atoms with Crippen molar-refractivity contribution in [3.63, 3.8) is 0 Å². The fourth-order valence-electron chi connectivity index (χ4n) is 2.72. The molecule has 3 nitrogen and oxygen atoms in total. The molecular formula is C16H22ClN3. The summed E-state index contributed by atoms with van der Waals surface area (Å²) in [6.07, 6.45) is 3.53. The molecule has 1 fully saturated rings. The maximum Gasteiger partial charge on any atom is 0.101 e. The van der Waals surface area contributed by atoms with Gasteiger partial charge in [0.1, 0.15) is 6.07 Å². The van der Waals surface area contributed by atoms with Gasteiger partial charge < -0.3 is 10.2 Å². The summed E-state index contributed by atoms with van der Waals surface area (Å²) in [4.78, 5) is 2.53. The predicted octanol–water partition coefficient (Wildman–Crippen LogP) is 3.89. The van der Waals surface area contributed by atoms with Crippen LogP contribution in [-0.4, -0.2) is 30.1 Å². The average Bonchev–Trinajstić information content (AvgIpc) is 2.66. The normalized spacial score (nSPS) is 20.4. The smallest absolute Gasteiger partial charge is 0.101 e. The molecule has 0 bridgehead atoms. The molecule has 20 heavy (non-hydrogen) atoms. The van der Waals surface area contributed by atoms with E-state index in [1.807, 2.05) is 12.1 Å². The molecule has 1 atom stereocenters. The van der Waals surface area contributed by atoms with Gasteiger partial charge >= 0.3 is 0 Å². The SMILES string of the molecule is CC(C)N1CCCC(Nc2ccc(Cl)c(C#N)c2)CC1. The van der Waals surface area contributed by atoms with Gasteiger partial charge in [0.15, 0.2) is 0 Å². The number of rotatable bonds is 3. The zero-order chi connectivity index (χ0) is 14.5. The highest BCUT2D eigenvalue weighted by atomic mass is 35.5. The summed E-state index contributed by atoms with van der Waals surface area (Å²) in [5, 5.41) is 13.1. The largest absolute Gasteiger partial charge is 0.382 e. The van der Waals surface area contributed by atoms with Crippen LogP contribution < -0.4 is 5.32 Å². The molecular weight excluding hydrogens is 270 g/mol. The molecule has 1 aromatic carbocycles. The third-order valence-corrected chi connectivity index (χ3v) is 4.28. The van der Waals surface area contributed by atoms with Crippen molar-refractivity contribution in [2.24, 2.45) is 0 Å². The molecule has 1 saturated heterocycles. The Hall–Kier alpha value is -1.24. The molecule has 0 saturated carbocycles. The zero-order valence-electron chi connectivity index (χ0n) is 12.2. The number of halogens is 1.